The lowest BCUT2D eigenvalue weighted by Crippen LogP contribution is -1.97. The molecule has 0 saturated heterocycles. The van der Waals surface area contributed by atoms with Crippen LogP contribution in [0.5, 0.6) is 0 Å². The van der Waals surface area contributed by atoms with Crippen molar-refractivity contribution in [3.05, 3.63) is 0 Å². The van der Waals surface area contributed by atoms with Gasteiger partial charge in [-0.25, -0.2) is 0 Å². The highest BCUT2D eigenvalue weighted by atomic mass is 35.5. The minimum atomic E-state index is 0.637. The van der Waals surface area contributed by atoms with E-state index in [1.54, 1.807) is 0 Å². The zero-order chi connectivity index (χ0) is 7.11. The highest BCUT2D eigenvalue weighted by Gasteiger charge is 1.97. The summed E-state index contributed by atoms with van der Waals surface area (Å²) in [4.78, 5) is 0. The first-order valence-electron chi connectivity index (χ1n) is 3.62. The van der Waals surface area contributed by atoms with Crippen LogP contribution in [0.1, 0.15) is 32.6 Å². The summed E-state index contributed by atoms with van der Waals surface area (Å²) < 4.78 is 0. The third-order valence-corrected chi connectivity index (χ3v) is 2.64. The van der Waals surface area contributed by atoms with Crippen molar-refractivity contribution in [2.75, 3.05) is 5.88 Å². The summed E-state index contributed by atoms with van der Waals surface area (Å²) in [6, 6.07) is 0. The highest BCUT2D eigenvalue weighted by Crippen LogP contribution is 2.11. The lowest BCUT2D eigenvalue weighted by molar-refractivity contribution is 0.666. The third kappa shape index (κ3) is 6.61. The Balaban J connectivity index is 2.88. The van der Waals surface area contributed by atoms with E-state index in [0.29, 0.717) is 5.66 Å². The molecule has 0 N–H and O–H groups in total. The van der Waals surface area contributed by atoms with Gasteiger partial charge in [0, 0.05) is 5.88 Å². The summed E-state index contributed by atoms with van der Waals surface area (Å²) >= 11 is 5.61. The molecular formula is C7H16ClP. The van der Waals surface area contributed by atoms with E-state index >= 15 is 0 Å². The first-order valence-corrected chi connectivity index (χ1v) is 4.83. The van der Waals surface area contributed by atoms with Gasteiger partial charge in [-0.05, 0) is 12.1 Å². The van der Waals surface area contributed by atoms with Gasteiger partial charge in [0.1, 0.15) is 0 Å². The van der Waals surface area contributed by atoms with Crippen LogP contribution in [0, 0.1) is 0 Å². The quantitative estimate of drug-likeness (QED) is 0.335. The molecule has 0 rings (SSSR count). The number of hydrogen-bond donors (Lipinski definition) is 0. The molecule has 0 amide bonds. The molecule has 0 aliphatic carbocycles. The van der Waals surface area contributed by atoms with Crippen molar-refractivity contribution < 1.29 is 0 Å². The molecule has 0 aromatic rings. The molecule has 2 atom stereocenters. The molecular weight excluding hydrogens is 151 g/mol. The molecule has 2 unspecified atom stereocenters. The van der Waals surface area contributed by atoms with Crippen LogP contribution in [0.2, 0.25) is 0 Å². The first-order chi connectivity index (χ1) is 4.31. The highest BCUT2D eigenvalue weighted by molar-refractivity contribution is 7.17. The van der Waals surface area contributed by atoms with Gasteiger partial charge in [-0.15, -0.1) is 20.8 Å². The topological polar surface area (TPSA) is 0 Å². The molecule has 0 bridgehead atoms. The van der Waals surface area contributed by atoms with Gasteiger partial charge in [0.25, 0.3) is 0 Å². The lowest BCUT2D eigenvalue weighted by Gasteiger charge is -2.04. The summed E-state index contributed by atoms with van der Waals surface area (Å²) in [5, 5.41) is 0. The van der Waals surface area contributed by atoms with Gasteiger partial charge < -0.3 is 0 Å². The van der Waals surface area contributed by atoms with Gasteiger partial charge >= 0.3 is 0 Å². The van der Waals surface area contributed by atoms with Crippen LogP contribution in [0.3, 0.4) is 0 Å². The largest absolute Gasteiger partial charge is 0.133 e. The fourth-order valence-electron chi connectivity index (χ4n) is 0.734. The van der Waals surface area contributed by atoms with Crippen LogP contribution < -0.4 is 0 Å². The van der Waals surface area contributed by atoms with Crippen molar-refractivity contribution in [2.45, 2.75) is 38.3 Å². The SMILES string of the molecule is CCCCCC(P)CCl. The molecule has 0 aromatic carbocycles. The van der Waals surface area contributed by atoms with E-state index in [1.807, 2.05) is 0 Å². The fraction of sp³-hybridized carbons (Fsp3) is 1.00. The Morgan fingerprint density at radius 1 is 1.44 bits per heavy atom. The first kappa shape index (κ1) is 9.72. The standard InChI is InChI=1S/C7H16ClP/c1-2-3-4-5-7(9)6-8/h7H,2-6,9H2,1H3. The van der Waals surface area contributed by atoms with Crippen molar-refractivity contribution >= 4 is 20.8 Å². The Morgan fingerprint density at radius 2 is 2.11 bits per heavy atom. The van der Waals surface area contributed by atoms with E-state index < -0.39 is 0 Å². The summed E-state index contributed by atoms with van der Waals surface area (Å²) in [6.45, 7) is 2.22. The second-order valence-corrected chi connectivity index (χ2v) is 3.66. The third-order valence-electron chi connectivity index (χ3n) is 1.38. The maximum absolute atomic E-state index is 5.61. The molecule has 0 heterocycles. The number of alkyl halides is 1. The zero-order valence-corrected chi connectivity index (χ0v) is 7.98. The molecule has 0 aromatic heterocycles. The van der Waals surface area contributed by atoms with E-state index in [1.165, 1.54) is 25.7 Å². The number of rotatable bonds is 5. The molecule has 0 saturated carbocycles. The van der Waals surface area contributed by atoms with E-state index in [4.69, 9.17) is 11.6 Å². The van der Waals surface area contributed by atoms with E-state index in [9.17, 15) is 0 Å². The molecule has 0 aliphatic rings. The van der Waals surface area contributed by atoms with Crippen LogP contribution >= 0.6 is 20.8 Å². The van der Waals surface area contributed by atoms with Gasteiger partial charge in [-0.3, -0.25) is 0 Å². The number of halogens is 1. The average molecular weight is 167 g/mol. The van der Waals surface area contributed by atoms with E-state index in [-0.39, 0.29) is 0 Å². The van der Waals surface area contributed by atoms with Gasteiger partial charge in [0.05, 0.1) is 0 Å². The maximum atomic E-state index is 5.61. The van der Waals surface area contributed by atoms with Crippen LogP contribution in [-0.4, -0.2) is 11.5 Å². The van der Waals surface area contributed by atoms with Gasteiger partial charge in [0.15, 0.2) is 0 Å². The monoisotopic (exact) mass is 166 g/mol. The van der Waals surface area contributed by atoms with Crippen molar-refractivity contribution in [3.63, 3.8) is 0 Å². The Hall–Kier alpha value is 0.720. The molecule has 0 spiro atoms. The molecule has 0 radical (unpaired) electrons. The van der Waals surface area contributed by atoms with Gasteiger partial charge in [-0.1, -0.05) is 26.2 Å². The summed E-state index contributed by atoms with van der Waals surface area (Å²) in [5.41, 5.74) is 0.637. The number of unbranched alkanes of at least 4 members (excludes halogenated alkanes) is 2. The van der Waals surface area contributed by atoms with Crippen LogP contribution in [0.15, 0.2) is 0 Å². The van der Waals surface area contributed by atoms with Crippen LogP contribution in [0.25, 0.3) is 0 Å². The summed E-state index contributed by atoms with van der Waals surface area (Å²) in [7, 11) is 2.77. The van der Waals surface area contributed by atoms with Crippen LogP contribution in [0.4, 0.5) is 0 Å². The van der Waals surface area contributed by atoms with Crippen LogP contribution in [-0.2, 0) is 0 Å². The van der Waals surface area contributed by atoms with E-state index in [2.05, 4.69) is 16.2 Å². The average Bonchev–Trinajstić information content (AvgIpc) is 1.89. The molecule has 0 aliphatic heterocycles. The predicted octanol–water partition coefficient (Wildman–Crippen LogP) is 3.05. The minimum absolute atomic E-state index is 0.637. The molecule has 0 nitrogen and oxygen atoms in total. The van der Waals surface area contributed by atoms with Crippen molar-refractivity contribution in [2.24, 2.45) is 0 Å². The lowest BCUT2D eigenvalue weighted by atomic mass is 10.2. The van der Waals surface area contributed by atoms with Crippen molar-refractivity contribution in [3.8, 4) is 0 Å². The normalized spacial score (nSPS) is 13.7. The molecule has 9 heavy (non-hydrogen) atoms. The van der Waals surface area contributed by atoms with Crippen molar-refractivity contribution in [1.29, 1.82) is 0 Å². The second-order valence-electron chi connectivity index (χ2n) is 2.41. The minimum Gasteiger partial charge on any atom is -0.133 e. The summed E-state index contributed by atoms with van der Waals surface area (Å²) in [5.74, 6) is 0.786. The fourth-order valence-corrected chi connectivity index (χ4v) is 1.12. The summed E-state index contributed by atoms with van der Waals surface area (Å²) in [6.07, 6.45) is 5.25. The Morgan fingerprint density at radius 3 is 2.56 bits per heavy atom. The second kappa shape index (κ2) is 6.83. The van der Waals surface area contributed by atoms with Gasteiger partial charge in [-0.2, -0.15) is 0 Å². The number of hydrogen-bond acceptors (Lipinski definition) is 0. The maximum Gasteiger partial charge on any atom is 0.0286 e. The van der Waals surface area contributed by atoms with E-state index in [0.717, 1.165) is 5.88 Å². The molecule has 56 valence electrons. The molecule has 2 heteroatoms. The predicted molar refractivity (Wildman–Crippen MR) is 48.4 cm³/mol. The Bertz CT molecular complexity index is 56.9. The Labute approximate surface area is 65.6 Å². The van der Waals surface area contributed by atoms with Crippen molar-refractivity contribution in [1.82, 2.24) is 0 Å². The smallest absolute Gasteiger partial charge is 0.0286 e. The molecule has 0 fully saturated rings. The zero-order valence-electron chi connectivity index (χ0n) is 6.07. The van der Waals surface area contributed by atoms with Gasteiger partial charge in [0.2, 0.25) is 0 Å². The Kier molecular flexibility index (Phi) is 7.38.